The topological polar surface area (TPSA) is 35.2 Å². The Kier molecular flexibility index (Phi) is 3.38. The molecule has 0 aromatic carbocycles. The average molecular weight is 192 g/mol. The first-order chi connectivity index (χ1) is 5.35. The molecule has 2 rings (SSSR count). The molecule has 0 radical (unpaired) electrons. The second-order valence-corrected chi connectivity index (χ2v) is 4.17. The van der Waals surface area contributed by atoms with E-state index in [0.717, 1.165) is 25.7 Å². The summed E-state index contributed by atoms with van der Waals surface area (Å²) in [5.41, 5.74) is 6.22. The van der Waals surface area contributed by atoms with Gasteiger partial charge in [-0.25, -0.2) is 0 Å². The van der Waals surface area contributed by atoms with Crippen LogP contribution in [0.2, 0.25) is 0 Å². The molecule has 0 atom stereocenters. The van der Waals surface area contributed by atoms with Crippen molar-refractivity contribution in [1.82, 2.24) is 0 Å². The third kappa shape index (κ3) is 1.76. The van der Waals surface area contributed by atoms with Crippen molar-refractivity contribution in [2.75, 3.05) is 19.8 Å². The summed E-state index contributed by atoms with van der Waals surface area (Å²) in [6.07, 6.45) is 5.38. The minimum Gasteiger partial charge on any atom is -0.380 e. The van der Waals surface area contributed by atoms with Crippen LogP contribution in [0.25, 0.3) is 0 Å². The Morgan fingerprint density at radius 2 is 1.83 bits per heavy atom. The monoisotopic (exact) mass is 191 g/mol. The SMILES string of the molecule is Cl.NCC1CCC2(CC1)COC2. The zero-order valence-electron chi connectivity index (χ0n) is 7.42. The Balaban J connectivity index is 0.000000720. The first-order valence-electron chi connectivity index (χ1n) is 4.62. The molecule has 0 aromatic heterocycles. The molecule has 2 nitrogen and oxygen atoms in total. The van der Waals surface area contributed by atoms with Crippen LogP contribution in [0.5, 0.6) is 0 Å². The van der Waals surface area contributed by atoms with Crippen molar-refractivity contribution in [2.24, 2.45) is 17.1 Å². The number of hydrogen-bond donors (Lipinski definition) is 1. The largest absolute Gasteiger partial charge is 0.380 e. The summed E-state index contributed by atoms with van der Waals surface area (Å²) in [7, 11) is 0. The average Bonchev–Trinajstić information content (AvgIpc) is 2.02. The van der Waals surface area contributed by atoms with Crippen molar-refractivity contribution in [1.29, 1.82) is 0 Å². The molecule has 1 saturated carbocycles. The van der Waals surface area contributed by atoms with Crippen molar-refractivity contribution in [3.63, 3.8) is 0 Å². The number of rotatable bonds is 1. The second kappa shape index (κ2) is 3.95. The van der Waals surface area contributed by atoms with E-state index < -0.39 is 0 Å². The first kappa shape index (κ1) is 10.3. The summed E-state index contributed by atoms with van der Waals surface area (Å²) in [6.45, 7) is 2.92. The van der Waals surface area contributed by atoms with Crippen LogP contribution < -0.4 is 5.73 Å². The predicted octanol–water partition coefficient (Wildman–Crippen LogP) is 1.57. The van der Waals surface area contributed by atoms with Gasteiger partial charge >= 0.3 is 0 Å². The van der Waals surface area contributed by atoms with Crippen molar-refractivity contribution >= 4 is 12.4 Å². The van der Waals surface area contributed by atoms with E-state index >= 15 is 0 Å². The molecule has 2 aliphatic rings. The number of ether oxygens (including phenoxy) is 1. The number of hydrogen-bond acceptors (Lipinski definition) is 2. The van der Waals surface area contributed by atoms with Crippen LogP contribution in [-0.2, 0) is 4.74 Å². The lowest BCUT2D eigenvalue weighted by atomic mass is 9.69. The van der Waals surface area contributed by atoms with Gasteiger partial charge in [0.1, 0.15) is 0 Å². The van der Waals surface area contributed by atoms with E-state index in [9.17, 15) is 0 Å². The lowest BCUT2D eigenvalue weighted by molar-refractivity contribution is -0.135. The van der Waals surface area contributed by atoms with Gasteiger partial charge in [0.2, 0.25) is 0 Å². The minimum atomic E-state index is 0. The normalized spacial score (nSPS) is 27.8. The molecule has 0 unspecified atom stereocenters. The van der Waals surface area contributed by atoms with Gasteiger partial charge in [-0.15, -0.1) is 12.4 Å². The quantitative estimate of drug-likeness (QED) is 0.683. The van der Waals surface area contributed by atoms with Crippen LogP contribution in [-0.4, -0.2) is 19.8 Å². The first-order valence-corrected chi connectivity index (χ1v) is 4.62. The van der Waals surface area contributed by atoms with Crippen molar-refractivity contribution in [3.8, 4) is 0 Å². The summed E-state index contributed by atoms with van der Waals surface area (Å²) in [4.78, 5) is 0. The van der Waals surface area contributed by atoms with Gasteiger partial charge in [0.15, 0.2) is 0 Å². The van der Waals surface area contributed by atoms with Crippen molar-refractivity contribution in [2.45, 2.75) is 25.7 Å². The lowest BCUT2D eigenvalue weighted by Crippen LogP contribution is -2.45. The standard InChI is InChI=1S/C9H17NO.ClH/c10-5-8-1-3-9(4-2-8)6-11-7-9;/h8H,1-7,10H2;1H. The molecule has 1 aliphatic heterocycles. The molecule has 1 heterocycles. The van der Waals surface area contributed by atoms with Crippen LogP contribution >= 0.6 is 12.4 Å². The predicted molar refractivity (Wildman–Crippen MR) is 51.5 cm³/mol. The van der Waals surface area contributed by atoms with Crippen LogP contribution in [0.1, 0.15) is 25.7 Å². The molecule has 1 spiro atoms. The molecule has 2 fully saturated rings. The molecular formula is C9H18ClNO. The molecule has 0 aromatic rings. The van der Waals surface area contributed by atoms with Gasteiger partial charge in [0, 0.05) is 5.41 Å². The minimum absolute atomic E-state index is 0. The van der Waals surface area contributed by atoms with E-state index in [1.165, 1.54) is 25.7 Å². The highest BCUT2D eigenvalue weighted by molar-refractivity contribution is 5.85. The fraction of sp³-hybridized carbons (Fsp3) is 1.00. The molecule has 12 heavy (non-hydrogen) atoms. The molecule has 0 amide bonds. The van der Waals surface area contributed by atoms with Crippen LogP contribution in [0, 0.1) is 11.3 Å². The van der Waals surface area contributed by atoms with Crippen molar-refractivity contribution in [3.05, 3.63) is 0 Å². The number of halogens is 1. The maximum Gasteiger partial charge on any atom is 0.0544 e. The summed E-state index contributed by atoms with van der Waals surface area (Å²) in [5, 5.41) is 0. The Morgan fingerprint density at radius 1 is 1.25 bits per heavy atom. The van der Waals surface area contributed by atoms with Crippen LogP contribution in [0.4, 0.5) is 0 Å². The maximum absolute atomic E-state index is 5.62. The fourth-order valence-electron chi connectivity index (χ4n) is 2.21. The summed E-state index contributed by atoms with van der Waals surface area (Å²) < 4.78 is 5.25. The smallest absolute Gasteiger partial charge is 0.0544 e. The van der Waals surface area contributed by atoms with Gasteiger partial charge in [0.05, 0.1) is 13.2 Å². The van der Waals surface area contributed by atoms with E-state index in [0.29, 0.717) is 5.41 Å². The second-order valence-electron chi connectivity index (χ2n) is 4.17. The molecule has 3 heteroatoms. The Morgan fingerprint density at radius 3 is 2.17 bits per heavy atom. The van der Waals surface area contributed by atoms with Gasteiger partial charge in [0.25, 0.3) is 0 Å². The summed E-state index contributed by atoms with van der Waals surface area (Å²) in [5.74, 6) is 0.807. The van der Waals surface area contributed by atoms with Crippen LogP contribution in [0.15, 0.2) is 0 Å². The van der Waals surface area contributed by atoms with Gasteiger partial charge in [-0.1, -0.05) is 0 Å². The molecule has 2 N–H and O–H groups in total. The van der Waals surface area contributed by atoms with E-state index in [1.807, 2.05) is 0 Å². The molecule has 1 saturated heterocycles. The summed E-state index contributed by atoms with van der Waals surface area (Å²) in [6, 6.07) is 0. The number of nitrogens with two attached hydrogens (primary N) is 1. The zero-order valence-corrected chi connectivity index (χ0v) is 8.24. The summed E-state index contributed by atoms with van der Waals surface area (Å²) >= 11 is 0. The van der Waals surface area contributed by atoms with E-state index in [-0.39, 0.29) is 12.4 Å². The van der Waals surface area contributed by atoms with Gasteiger partial charge in [-0.2, -0.15) is 0 Å². The van der Waals surface area contributed by atoms with Gasteiger partial charge < -0.3 is 10.5 Å². The Labute approximate surface area is 80.3 Å². The Hall–Kier alpha value is 0.210. The maximum atomic E-state index is 5.62. The third-order valence-electron chi connectivity index (χ3n) is 3.32. The highest BCUT2D eigenvalue weighted by Gasteiger charge is 2.41. The van der Waals surface area contributed by atoms with E-state index in [2.05, 4.69) is 0 Å². The van der Waals surface area contributed by atoms with Crippen molar-refractivity contribution < 1.29 is 4.74 Å². The van der Waals surface area contributed by atoms with Gasteiger partial charge in [-0.3, -0.25) is 0 Å². The molecule has 1 aliphatic carbocycles. The highest BCUT2D eigenvalue weighted by Crippen LogP contribution is 2.43. The molecular weight excluding hydrogens is 174 g/mol. The Bertz CT molecular complexity index is 137. The van der Waals surface area contributed by atoms with E-state index in [4.69, 9.17) is 10.5 Å². The molecule has 0 bridgehead atoms. The van der Waals surface area contributed by atoms with Crippen LogP contribution in [0.3, 0.4) is 0 Å². The third-order valence-corrected chi connectivity index (χ3v) is 3.32. The zero-order chi connectivity index (χ0) is 7.73. The fourth-order valence-corrected chi connectivity index (χ4v) is 2.21. The van der Waals surface area contributed by atoms with E-state index in [1.54, 1.807) is 0 Å². The lowest BCUT2D eigenvalue weighted by Gasteiger charge is -2.46. The molecule has 72 valence electrons. The highest BCUT2D eigenvalue weighted by atomic mass is 35.5. The van der Waals surface area contributed by atoms with Gasteiger partial charge in [-0.05, 0) is 38.1 Å².